The number of hydrogen-bond acceptors (Lipinski definition) is 6. The Morgan fingerprint density at radius 1 is 1.18 bits per heavy atom. The summed E-state index contributed by atoms with van der Waals surface area (Å²) >= 11 is 0. The van der Waals surface area contributed by atoms with E-state index in [4.69, 9.17) is 14.9 Å². The zero-order valence-corrected chi connectivity index (χ0v) is 22.4. The molecule has 8 nitrogen and oxygen atoms in total. The van der Waals surface area contributed by atoms with Crippen LogP contribution < -0.4 is 148 Å². The number of phosphoric ester groups is 1. The second-order valence-electron chi connectivity index (χ2n) is 1.84. The first-order valence-corrected chi connectivity index (χ1v) is 5.68. The normalized spacial score (nSPS) is 25.5. The van der Waals surface area contributed by atoms with Crippen molar-refractivity contribution in [1.29, 1.82) is 0 Å². The summed E-state index contributed by atoms with van der Waals surface area (Å²) in [4.78, 5) is 16.3. The maximum absolute atomic E-state index is 10.8. The quantitative estimate of drug-likeness (QED) is 0.342. The average molecular weight is 340 g/mol. The van der Waals surface area contributed by atoms with Crippen LogP contribution in [0.2, 0.25) is 0 Å². The van der Waals surface area contributed by atoms with Crippen molar-refractivity contribution in [3.63, 3.8) is 0 Å². The van der Waals surface area contributed by atoms with E-state index in [1.54, 1.807) is 0 Å². The van der Waals surface area contributed by atoms with E-state index >= 15 is 0 Å². The van der Waals surface area contributed by atoms with Gasteiger partial charge in [-0.05, 0) is 0 Å². The summed E-state index contributed by atoms with van der Waals surface area (Å²) in [7, 11) is -8.99. The van der Waals surface area contributed by atoms with E-state index < -0.39 is 28.5 Å². The van der Waals surface area contributed by atoms with Gasteiger partial charge in [-0.2, -0.15) is 4.31 Å². The Labute approximate surface area is 216 Å². The van der Waals surface area contributed by atoms with Gasteiger partial charge in [-0.15, -0.1) is 0 Å². The van der Waals surface area contributed by atoms with Crippen molar-refractivity contribution in [2.24, 2.45) is 0 Å². The minimum absolute atomic E-state index is 0. The third-order valence-corrected chi connectivity index (χ3v) is 3.49. The van der Waals surface area contributed by atoms with Gasteiger partial charge in [-0.25, -0.2) is 9.13 Å². The van der Waals surface area contributed by atoms with Crippen molar-refractivity contribution in [1.82, 2.24) is 0 Å². The van der Waals surface area contributed by atoms with Gasteiger partial charge >= 0.3 is 163 Å². The van der Waals surface area contributed by atoms with Gasteiger partial charge < -0.3 is 22.0 Å². The molecule has 3 N–H and O–H groups in total. The molecule has 82 valence electrons. The maximum atomic E-state index is 10.8. The first kappa shape index (κ1) is 33.7. The number of phosphoric acid groups is 2. The summed E-state index contributed by atoms with van der Waals surface area (Å²) in [5.74, 6) is 0. The smallest absolute Gasteiger partial charge is 1.00 e. The fourth-order valence-electron chi connectivity index (χ4n) is 0.531. The number of aliphatic hydroxyl groups is 1. The third-order valence-electron chi connectivity index (χ3n) is 0.849. The molecule has 0 saturated carbocycles. The van der Waals surface area contributed by atoms with Gasteiger partial charge in [0.25, 0.3) is 0 Å². The Balaban J connectivity index is -0.0000000180. The Bertz CT molecular complexity index is 276. The van der Waals surface area contributed by atoms with E-state index in [0.29, 0.717) is 0 Å². The second kappa shape index (κ2) is 14.8. The molecular formula is C2H11Na5O8P2. The summed E-state index contributed by atoms with van der Waals surface area (Å²) in [6.45, 7) is -0.561. The summed E-state index contributed by atoms with van der Waals surface area (Å²) < 4.78 is 33.0. The van der Waals surface area contributed by atoms with Crippen LogP contribution in [0.5, 0.6) is 0 Å². The van der Waals surface area contributed by atoms with E-state index in [0.717, 1.165) is 0 Å². The Morgan fingerprint density at radius 2 is 1.53 bits per heavy atom. The van der Waals surface area contributed by atoms with Crippen molar-refractivity contribution in [3.05, 3.63) is 0 Å². The summed E-state index contributed by atoms with van der Waals surface area (Å²) in [5, 5.41) is 8.30. The number of hydrogen-bond donors (Lipinski definition) is 3. The van der Waals surface area contributed by atoms with Crippen LogP contribution in [-0.2, 0) is 22.5 Å². The largest absolute Gasteiger partial charge is 1.00 e. The molecule has 15 heteroatoms. The molecular weight excluding hydrogens is 329 g/mol. The summed E-state index contributed by atoms with van der Waals surface area (Å²) in [6, 6.07) is 0. The maximum Gasteiger partial charge on any atom is 1.00 e. The molecule has 1 saturated heterocycles. The molecule has 0 aromatic carbocycles. The minimum atomic E-state index is -4.88. The zero-order chi connectivity index (χ0) is 9.41. The van der Waals surface area contributed by atoms with Crippen LogP contribution in [0.4, 0.5) is 0 Å². The first-order chi connectivity index (χ1) is 5.35. The Hall–Kier alpha value is 5.22. The zero-order valence-electron chi connectivity index (χ0n) is 15.6. The molecule has 1 heterocycles. The predicted molar refractivity (Wildman–Crippen MR) is 39.3 cm³/mol. The molecule has 0 bridgehead atoms. The number of aliphatic hydroxyl groups excluding tert-OH is 1. The fourth-order valence-corrected chi connectivity index (χ4v) is 2.61. The molecule has 1 aliphatic heterocycles. The van der Waals surface area contributed by atoms with Crippen LogP contribution in [0, 0.1) is 0 Å². The molecule has 0 atom stereocenters. The molecule has 1 fully saturated rings. The molecule has 0 spiro atoms. The second-order valence-corrected chi connectivity index (χ2v) is 4.79. The Morgan fingerprint density at radius 3 is 1.76 bits per heavy atom. The molecule has 0 radical (unpaired) electrons. The van der Waals surface area contributed by atoms with Crippen molar-refractivity contribution in [2.75, 3.05) is 6.61 Å². The molecule has 0 aliphatic carbocycles. The predicted octanol–water partition coefficient (Wildman–Crippen LogP) is -14.8. The number of rotatable bonds is 3. The molecule has 0 amide bonds. The van der Waals surface area contributed by atoms with Gasteiger partial charge in [0.2, 0.25) is 6.29 Å². The fraction of sp³-hybridized carbons (Fsp3) is 1.00. The first-order valence-electron chi connectivity index (χ1n) is 2.69. The topological polar surface area (TPSA) is 123 Å². The van der Waals surface area contributed by atoms with Crippen molar-refractivity contribution in [2.45, 2.75) is 6.29 Å². The summed E-state index contributed by atoms with van der Waals surface area (Å²) in [6.07, 6.45) is -1.14. The SMILES string of the molecule is O=P(O)(O)OP1(=O)OC(CO)O1.[H-].[H-].[H-].[H-].[H-].[Na+].[Na+].[Na+].[Na+].[Na+]. The van der Waals surface area contributed by atoms with Gasteiger partial charge in [0.05, 0.1) is 6.61 Å². The van der Waals surface area contributed by atoms with E-state index in [-0.39, 0.29) is 155 Å². The van der Waals surface area contributed by atoms with Gasteiger partial charge in [-0.3, -0.25) is 9.05 Å². The van der Waals surface area contributed by atoms with E-state index in [1.807, 2.05) is 0 Å². The van der Waals surface area contributed by atoms with Crippen LogP contribution in [0.3, 0.4) is 0 Å². The third kappa shape index (κ3) is 14.5. The molecule has 0 aromatic heterocycles. The van der Waals surface area contributed by atoms with Crippen molar-refractivity contribution < 1.29 is 192 Å². The van der Waals surface area contributed by atoms with Gasteiger partial charge in [0.1, 0.15) is 0 Å². The summed E-state index contributed by atoms with van der Waals surface area (Å²) in [5.41, 5.74) is 0. The molecule has 1 rings (SSSR count). The van der Waals surface area contributed by atoms with Gasteiger partial charge in [0, 0.05) is 0 Å². The van der Waals surface area contributed by atoms with Crippen LogP contribution in [0.1, 0.15) is 7.13 Å². The molecule has 1 aliphatic rings. The monoisotopic (exact) mass is 340 g/mol. The Kier molecular flexibility index (Phi) is 29.4. The van der Waals surface area contributed by atoms with Crippen LogP contribution in [-0.4, -0.2) is 27.8 Å². The van der Waals surface area contributed by atoms with Crippen LogP contribution in [0.25, 0.3) is 0 Å². The van der Waals surface area contributed by atoms with Crippen LogP contribution >= 0.6 is 15.6 Å². The van der Waals surface area contributed by atoms with Crippen molar-refractivity contribution >= 4 is 15.6 Å². The van der Waals surface area contributed by atoms with E-state index in [9.17, 15) is 9.13 Å². The molecule has 0 aromatic rings. The van der Waals surface area contributed by atoms with Crippen molar-refractivity contribution in [3.8, 4) is 0 Å². The van der Waals surface area contributed by atoms with Crippen LogP contribution in [0.15, 0.2) is 0 Å². The minimum Gasteiger partial charge on any atom is -1.00 e. The van der Waals surface area contributed by atoms with Gasteiger partial charge in [-0.1, -0.05) is 0 Å². The van der Waals surface area contributed by atoms with E-state index in [1.165, 1.54) is 0 Å². The average Bonchev–Trinajstić information content (AvgIpc) is 1.78. The van der Waals surface area contributed by atoms with E-state index in [2.05, 4.69) is 13.4 Å². The van der Waals surface area contributed by atoms with Gasteiger partial charge in [0.15, 0.2) is 0 Å². The molecule has 17 heavy (non-hydrogen) atoms. The molecule has 0 unspecified atom stereocenters. The standard InChI is InChI=1S/C2H6O8P2.5Na.5H/c3-1-2-8-12(7,9-2)10-11(4,5)6;;;;;;;;;;/h2-3H,1H2,(H2,4,5,6);;;;;;;;;;/q;5*+1;5*-1.